The van der Waals surface area contributed by atoms with Crippen molar-refractivity contribution in [2.45, 2.75) is 33.9 Å². The summed E-state index contributed by atoms with van der Waals surface area (Å²) in [6.45, 7) is 7.70. The van der Waals surface area contributed by atoms with E-state index in [0.717, 1.165) is 28.2 Å². The van der Waals surface area contributed by atoms with Crippen molar-refractivity contribution >= 4 is 39.6 Å². The van der Waals surface area contributed by atoms with Crippen molar-refractivity contribution < 1.29 is 9.53 Å². The van der Waals surface area contributed by atoms with E-state index in [2.05, 4.69) is 24.3 Å². The number of benzene rings is 1. The molecule has 0 saturated heterocycles. The lowest BCUT2D eigenvalue weighted by Crippen LogP contribution is -2.31. The number of hydrogen-bond donors (Lipinski definition) is 1. The molecule has 158 valence electrons. The molecule has 2 heterocycles. The topological polar surface area (TPSA) is 59.4 Å². The Bertz CT molecular complexity index is 1030. The van der Waals surface area contributed by atoms with Crippen LogP contribution in [0.25, 0.3) is 10.4 Å². The molecule has 2 aromatic heterocycles. The predicted octanol–water partition coefficient (Wildman–Crippen LogP) is 4.95. The Balaban J connectivity index is 1.81. The van der Waals surface area contributed by atoms with Crippen molar-refractivity contribution in [3.05, 3.63) is 59.4 Å². The molecule has 0 aliphatic heterocycles. The Hall–Kier alpha value is -2.71. The zero-order valence-electron chi connectivity index (χ0n) is 17.6. The molecule has 0 aliphatic rings. The highest BCUT2D eigenvalue weighted by molar-refractivity contribution is 7.80. The number of anilines is 1. The zero-order valence-corrected chi connectivity index (χ0v) is 19.3. The number of aromatic nitrogens is 2. The summed E-state index contributed by atoms with van der Waals surface area (Å²) in [4.78, 5) is 15.4. The van der Waals surface area contributed by atoms with E-state index in [1.807, 2.05) is 59.2 Å². The molecule has 30 heavy (non-hydrogen) atoms. The van der Waals surface area contributed by atoms with E-state index in [1.165, 1.54) is 11.3 Å². The normalized spacial score (nSPS) is 10.7. The first-order chi connectivity index (χ1) is 14.4. The second kappa shape index (κ2) is 9.86. The number of carbonyl (C=O) groups is 1. The van der Waals surface area contributed by atoms with Crippen LogP contribution in [0.2, 0.25) is 0 Å². The largest absolute Gasteiger partial charge is 0.462 e. The van der Waals surface area contributed by atoms with Gasteiger partial charge in [0.05, 0.1) is 18.4 Å². The summed E-state index contributed by atoms with van der Waals surface area (Å²) in [7, 11) is 1.92. The van der Waals surface area contributed by atoms with E-state index in [1.54, 1.807) is 6.92 Å². The molecule has 0 radical (unpaired) electrons. The number of nitrogens with one attached hydrogen (secondary N) is 1. The molecule has 0 saturated carbocycles. The summed E-state index contributed by atoms with van der Waals surface area (Å²) in [5, 5.41) is 8.86. The van der Waals surface area contributed by atoms with Crippen LogP contribution in [-0.2, 0) is 17.8 Å². The van der Waals surface area contributed by atoms with Gasteiger partial charge in [-0.3, -0.25) is 4.68 Å². The number of aryl methyl sites for hydroxylation is 1. The van der Waals surface area contributed by atoms with Crippen molar-refractivity contribution in [2.24, 2.45) is 0 Å². The van der Waals surface area contributed by atoms with Crippen LogP contribution in [0.3, 0.4) is 0 Å². The highest BCUT2D eigenvalue weighted by Gasteiger charge is 2.20. The van der Waals surface area contributed by atoms with Crippen LogP contribution in [0.1, 0.15) is 35.5 Å². The van der Waals surface area contributed by atoms with Gasteiger partial charge in [-0.05, 0) is 44.6 Å². The number of nitrogens with zero attached hydrogens (tertiary/aromatic N) is 3. The molecule has 3 aromatic rings. The van der Waals surface area contributed by atoms with Gasteiger partial charge < -0.3 is 15.0 Å². The zero-order chi connectivity index (χ0) is 21.7. The Kier molecular flexibility index (Phi) is 7.23. The fourth-order valence-electron chi connectivity index (χ4n) is 3.07. The van der Waals surface area contributed by atoms with Crippen molar-refractivity contribution in [2.75, 3.05) is 19.0 Å². The predicted molar refractivity (Wildman–Crippen MR) is 126 cm³/mol. The molecule has 0 fully saturated rings. The summed E-state index contributed by atoms with van der Waals surface area (Å²) in [5.74, 6) is -0.357. The first-order valence-corrected chi connectivity index (χ1v) is 11.1. The number of esters is 1. The van der Waals surface area contributed by atoms with Crippen molar-refractivity contribution in [3.63, 3.8) is 0 Å². The van der Waals surface area contributed by atoms with Gasteiger partial charge in [-0.15, -0.1) is 11.3 Å². The molecule has 1 N–H and O–H groups in total. The first kappa shape index (κ1) is 22.0. The van der Waals surface area contributed by atoms with E-state index in [0.29, 0.717) is 28.8 Å². The molecule has 0 spiro atoms. The third kappa shape index (κ3) is 4.88. The molecular formula is C22H26N4O2S2. The van der Waals surface area contributed by atoms with E-state index in [4.69, 9.17) is 17.0 Å². The average molecular weight is 443 g/mol. The van der Waals surface area contributed by atoms with Gasteiger partial charge in [0.2, 0.25) is 0 Å². The highest BCUT2D eigenvalue weighted by atomic mass is 32.1. The molecule has 8 heteroatoms. The third-order valence-electron chi connectivity index (χ3n) is 4.76. The Morgan fingerprint density at radius 1 is 1.30 bits per heavy atom. The molecule has 0 aliphatic carbocycles. The van der Waals surface area contributed by atoms with Crippen LogP contribution in [0, 0.1) is 6.92 Å². The van der Waals surface area contributed by atoms with E-state index in [-0.39, 0.29) is 5.97 Å². The maximum Gasteiger partial charge on any atom is 0.341 e. The lowest BCUT2D eigenvalue weighted by atomic mass is 10.1. The van der Waals surface area contributed by atoms with Gasteiger partial charge >= 0.3 is 5.97 Å². The summed E-state index contributed by atoms with van der Waals surface area (Å²) >= 11 is 7.10. The number of rotatable bonds is 7. The smallest absolute Gasteiger partial charge is 0.341 e. The maximum absolute atomic E-state index is 12.5. The van der Waals surface area contributed by atoms with Crippen molar-refractivity contribution in [3.8, 4) is 10.4 Å². The second-order valence-corrected chi connectivity index (χ2v) is 8.24. The molecule has 0 bridgehead atoms. The number of hydrogen-bond acceptors (Lipinski definition) is 5. The maximum atomic E-state index is 12.5. The monoisotopic (exact) mass is 442 g/mol. The van der Waals surface area contributed by atoms with Gasteiger partial charge in [-0.2, -0.15) is 5.10 Å². The van der Waals surface area contributed by atoms with Gasteiger partial charge in [0.1, 0.15) is 5.00 Å². The summed E-state index contributed by atoms with van der Waals surface area (Å²) < 4.78 is 7.21. The number of thiocarbonyl (C=S) groups is 1. The van der Waals surface area contributed by atoms with E-state index < -0.39 is 0 Å². The van der Waals surface area contributed by atoms with Crippen LogP contribution in [0.4, 0.5) is 5.00 Å². The van der Waals surface area contributed by atoms with Gasteiger partial charge in [0.15, 0.2) is 5.11 Å². The summed E-state index contributed by atoms with van der Waals surface area (Å²) in [5.41, 5.74) is 3.78. The van der Waals surface area contributed by atoms with E-state index >= 15 is 0 Å². The first-order valence-electron chi connectivity index (χ1n) is 9.84. The highest BCUT2D eigenvalue weighted by Crippen LogP contribution is 2.36. The second-order valence-electron chi connectivity index (χ2n) is 6.80. The minimum atomic E-state index is -0.357. The Labute approximate surface area is 186 Å². The minimum Gasteiger partial charge on any atom is -0.462 e. The Morgan fingerprint density at radius 3 is 2.67 bits per heavy atom. The number of carbonyl (C=O) groups excluding carboxylic acids is 1. The molecule has 6 nitrogen and oxygen atoms in total. The van der Waals surface area contributed by atoms with Crippen LogP contribution < -0.4 is 5.32 Å². The van der Waals surface area contributed by atoms with Crippen LogP contribution in [0.5, 0.6) is 0 Å². The molecule has 0 amide bonds. The lowest BCUT2D eigenvalue weighted by Gasteiger charge is -2.20. The fourth-order valence-corrected chi connectivity index (χ4v) is 4.35. The number of ether oxygens (including phenoxy) is 1. The third-order valence-corrected chi connectivity index (χ3v) is 6.28. The van der Waals surface area contributed by atoms with Crippen LogP contribution in [-0.4, -0.2) is 39.4 Å². The van der Waals surface area contributed by atoms with Gasteiger partial charge in [-0.1, -0.05) is 30.3 Å². The average Bonchev–Trinajstić information content (AvgIpc) is 3.32. The summed E-state index contributed by atoms with van der Waals surface area (Å²) in [6, 6.07) is 11.8. The Morgan fingerprint density at radius 2 is 2.03 bits per heavy atom. The molecule has 0 atom stereocenters. The summed E-state index contributed by atoms with van der Waals surface area (Å²) in [6.07, 6.45) is 1.88. The van der Waals surface area contributed by atoms with E-state index in [9.17, 15) is 4.79 Å². The SMILES string of the molecule is CCOC(=O)c1cc(-c2ccccc2)sc1NC(=S)N(C)Cc1cnn(CC)c1C. The van der Waals surface area contributed by atoms with Crippen molar-refractivity contribution in [1.29, 1.82) is 0 Å². The van der Waals surface area contributed by atoms with Gasteiger partial charge in [0.25, 0.3) is 0 Å². The molecule has 1 aromatic carbocycles. The van der Waals surface area contributed by atoms with Gasteiger partial charge in [-0.25, -0.2) is 4.79 Å². The fraction of sp³-hybridized carbons (Fsp3) is 0.318. The quantitative estimate of drug-likeness (QED) is 0.413. The molecule has 3 rings (SSSR count). The lowest BCUT2D eigenvalue weighted by molar-refractivity contribution is 0.0528. The van der Waals surface area contributed by atoms with Crippen LogP contribution >= 0.6 is 23.6 Å². The molecule has 0 unspecified atom stereocenters. The minimum absolute atomic E-state index is 0.319. The number of thiophene rings is 1. The van der Waals surface area contributed by atoms with Gasteiger partial charge in [0, 0.05) is 36.3 Å². The van der Waals surface area contributed by atoms with Crippen LogP contribution in [0.15, 0.2) is 42.6 Å². The molecular weight excluding hydrogens is 416 g/mol. The standard InChI is InChI=1S/C22H26N4O2S2/c1-5-26-15(3)17(13-23-26)14-25(4)22(29)24-20-18(21(27)28-6-2)12-19(30-20)16-10-8-7-9-11-16/h7-13H,5-6,14H2,1-4H3,(H,24,29). The van der Waals surface area contributed by atoms with Crippen molar-refractivity contribution in [1.82, 2.24) is 14.7 Å².